The average Bonchev–Trinajstić information content (AvgIpc) is 2.86. The predicted octanol–water partition coefficient (Wildman–Crippen LogP) is 1.27. The lowest BCUT2D eigenvalue weighted by Gasteiger charge is -2.03. The van der Waals surface area contributed by atoms with E-state index in [9.17, 15) is 4.79 Å². The van der Waals surface area contributed by atoms with Crippen LogP contribution in [0.5, 0.6) is 0 Å². The minimum atomic E-state index is -0.188. The Hall–Kier alpha value is -2.11. The molecule has 2 aromatic rings. The molecule has 17 heavy (non-hydrogen) atoms. The van der Waals surface area contributed by atoms with Crippen molar-refractivity contribution in [3.8, 4) is 0 Å². The van der Waals surface area contributed by atoms with Crippen molar-refractivity contribution < 1.29 is 4.79 Å². The summed E-state index contributed by atoms with van der Waals surface area (Å²) in [6.45, 7) is 3.88. The van der Waals surface area contributed by atoms with Crippen molar-refractivity contribution in [2.75, 3.05) is 5.32 Å². The van der Waals surface area contributed by atoms with Crippen LogP contribution in [0.3, 0.4) is 0 Å². The van der Waals surface area contributed by atoms with E-state index in [4.69, 9.17) is 0 Å². The molecule has 6 nitrogen and oxygen atoms in total. The molecule has 0 radical (unpaired) electrons. The quantitative estimate of drug-likeness (QED) is 0.838. The summed E-state index contributed by atoms with van der Waals surface area (Å²) in [4.78, 5) is 12.0. The van der Waals surface area contributed by atoms with Gasteiger partial charge in [-0.3, -0.25) is 14.6 Å². The number of aromatic amines is 1. The summed E-state index contributed by atoms with van der Waals surface area (Å²) in [5.41, 5.74) is 2.34. The molecular weight excluding hydrogens is 218 g/mol. The van der Waals surface area contributed by atoms with Crippen molar-refractivity contribution >= 4 is 11.7 Å². The maximum Gasteiger partial charge on any atom is 0.275 e. The fourth-order valence-corrected chi connectivity index (χ4v) is 1.56. The molecule has 0 spiro atoms. The Bertz CT molecular complexity index is 540. The number of carbonyl (C=O) groups excluding carboxylic acids is 1. The zero-order valence-electron chi connectivity index (χ0n) is 10.1. The van der Waals surface area contributed by atoms with Crippen molar-refractivity contribution in [2.24, 2.45) is 7.05 Å². The van der Waals surface area contributed by atoms with Gasteiger partial charge in [-0.1, -0.05) is 6.92 Å². The van der Waals surface area contributed by atoms with Gasteiger partial charge in [0, 0.05) is 12.6 Å². The van der Waals surface area contributed by atoms with Gasteiger partial charge in [-0.25, -0.2) is 0 Å². The number of carbonyl (C=O) groups is 1. The third-order valence-corrected chi connectivity index (χ3v) is 2.59. The molecule has 2 aromatic heterocycles. The van der Waals surface area contributed by atoms with E-state index < -0.39 is 0 Å². The summed E-state index contributed by atoms with van der Waals surface area (Å²) in [6.07, 6.45) is 2.47. The highest BCUT2D eigenvalue weighted by molar-refractivity contribution is 6.02. The second-order valence-corrected chi connectivity index (χ2v) is 3.88. The molecular formula is C11H15N5O. The van der Waals surface area contributed by atoms with Gasteiger partial charge in [0.2, 0.25) is 0 Å². The average molecular weight is 233 g/mol. The van der Waals surface area contributed by atoms with E-state index in [0.717, 1.165) is 17.7 Å². The SMILES string of the molecule is CCc1cc(C(=O)Nc2[nH]ncc2C)n(C)n1. The topological polar surface area (TPSA) is 75.6 Å². The standard InChI is InChI=1S/C11H15N5O/c1-4-8-5-9(16(3)15-8)11(17)13-10-7(2)6-12-14-10/h5-6H,4H2,1-3H3,(H2,12,13,14,17). The van der Waals surface area contributed by atoms with Gasteiger partial charge in [0.25, 0.3) is 5.91 Å². The van der Waals surface area contributed by atoms with Gasteiger partial charge < -0.3 is 5.32 Å². The molecule has 0 saturated carbocycles. The first kappa shape index (κ1) is 11.4. The molecule has 0 aromatic carbocycles. The minimum Gasteiger partial charge on any atom is -0.305 e. The normalized spacial score (nSPS) is 10.5. The van der Waals surface area contributed by atoms with Crippen LogP contribution in [-0.4, -0.2) is 25.9 Å². The van der Waals surface area contributed by atoms with Crippen LogP contribution in [0.15, 0.2) is 12.3 Å². The monoisotopic (exact) mass is 233 g/mol. The lowest BCUT2D eigenvalue weighted by Crippen LogP contribution is -2.16. The highest BCUT2D eigenvalue weighted by Gasteiger charge is 2.14. The van der Waals surface area contributed by atoms with E-state index in [0.29, 0.717) is 11.5 Å². The third kappa shape index (κ3) is 2.20. The molecule has 0 aliphatic rings. The Morgan fingerprint density at radius 1 is 1.59 bits per heavy atom. The van der Waals surface area contributed by atoms with Crippen molar-refractivity contribution in [1.29, 1.82) is 0 Å². The first-order chi connectivity index (χ1) is 8.11. The highest BCUT2D eigenvalue weighted by Crippen LogP contribution is 2.11. The second kappa shape index (κ2) is 4.40. The summed E-state index contributed by atoms with van der Waals surface area (Å²) in [5, 5.41) is 13.6. The van der Waals surface area contributed by atoms with E-state index >= 15 is 0 Å². The number of anilines is 1. The minimum absolute atomic E-state index is 0.188. The van der Waals surface area contributed by atoms with Crippen molar-refractivity contribution in [3.63, 3.8) is 0 Å². The molecule has 0 saturated heterocycles. The summed E-state index contributed by atoms with van der Waals surface area (Å²) < 4.78 is 1.58. The summed E-state index contributed by atoms with van der Waals surface area (Å²) in [5.74, 6) is 0.432. The van der Waals surface area contributed by atoms with Crippen LogP contribution >= 0.6 is 0 Å². The third-order valence-electron chi connectivity index (χ3n) is 2.59. The van der Waals surface area contributed by atoms with Gasteiger partial charge in [-0.15, -0.1) is 0 Å². The van der Waals surface area contributed by atoms with E-state index in [-0.39, 0.29) is 5.91 Å². The highest BCUT2D eigenvalue weighted by atomic mass is 16.2. The zero-order chi connectivity index (χ0) is 12.4. The molecule has 6 heteroatoms. The van der Waals surface area contributed by atoms with Crippen molar-refractivity contribution in [2.45, 2.75) is 20.3 Å². The van der Waals surface area contributed by atoms with Crippen LogP contribution in [0.25, 0.3) is 0 Å². The van der Waals surface area contributed by atoms with Gasteiger partial charge in [0.15, 0.2) is 0 Å². The number of nitrogens with zero attached hydrogens (tertiary/aromatic N) is 3. The summed E-state index contributed by atoms with van der Waals surface area (Å²) in [6, 6.07) is 1.79. The van der Waals surface area contributed by atoms with Gasteiger partial charge >= 0.3 is 0 Å². The first-order valence-corrected chi connectivity index (χ1v) is 5.46. The molecule has 2 rings (SSSR count). The maximum absolute atomic E-state index is 12.0. The van der Waals surface area contributed by atoms with Crippen molar-refractivity contribution in [1.82, 2.24) is 20.0 Å². The van der Waals surface area contributed by atoms with E-state index in [1.54, 1.807) is 24.0 Å². The number of nitrogens with one attached hydrogen (secondary N) is 2. The molecule has 90 valence electrons. The molecule has 0 bridgehead atoms. The number of hydrogen-bond acceptors (Lipinski definition) is 3. The van der Waals surface area contributed by atoms with E-state index in [1.807, 2.05) is 13.8 Å². The Kier molecular flexibility index (Phi) is 2.95. The van der Waals surface area contributed by atoms with Gasteiger partial charge in [-0.05, 0) is 19.4 Å². The molecule has 0 atom stereocenters. The number of H-pyrrole nitrogens is 1. The van der Waals surface area contributed by atoms with Gasteiger partial charge in [0.1, 0.15) is 11.5 Å². The lowest BCUT2D eigenvalue weighted by atomic mass is 10.3. The van der Waals surface area contributed by atoms with E-state index in [2.05, 4.69) is 20.6 Å². The number of rotatable bonds is 3. The fourth-order valence-electron chi connectivity index (χ4n) is 1.56. The molecule has 0 aliphatic carbocycles. The van der Waals surface area contributed by atoms with Crippen LogP contribution in [0.2, 0.25) is 0 Å². The van der Waals surface area contributed by atoms with Gasteiger partial charge in [0.05, 0.1) is 11.9 Å². The number of hydrogen-bond donors (Lipinski definition) is 2. The van der Waals surface area contributed by atoms with Crippen LogP contribution in [0.1, 0.15) is 28.7 Å². The molecule has 0 fully saturated rings. The zero-order valence-corrected chi connectivity index (χ0v) is 10.1. The smallest absolute Gasteiger partial charge is 0.275 e. The molecule has 1 amide bonds. The predicted molar refractivity (Wildman–Crippen MR) is 63.9 cm³/mol. The molecule has 2 heterocycles. The van der Waals surface area contributed by atoms with Gasteiger partial charge in [-0.2, -0.15) is 10.2 Å². The number of amides is 1. The number of aromatic nitrogens is 4. The summed E-state index contributed by atoms with van der Waals surface area (Å²) >= 11 is 0. The van der Waals surface area contributed by atoms with Crippen LogP contribution in [-0.2, 0) is 13.5 Å². The van der Waals surface area contributed by atoms with Crippen LogP contribution in [0, 0.1) is 6.92 Å². The van der Waals surface area contributed by atoms with Crippen LogP contribution < -0.4 is 5.32 Å². The van der Waals surface area contributed by atoms with Crippen LogP contribution in [0.4, 0.5) is 5.82 Å². The largest absolute Gasteiger partial charge is 0.305 e. The number of aryl methyl sites for hydroxylation is 3. The molecule has 0 aliphatic heterocycles. The maximum atomic E-state index is 12.0. The first-order valence-electron chi connectivity index (χ1n) is 5.46. The Morgan fingerprint density at radius 2 is 2.35 bits per heavy atom. The lowest BCUT2D eigenvalue weighted by molar-refractivity contribution is 0.101. The summed E-state index contributed by atoms with van der Waals surface area (Å²) in [7, 11) is 1.76. The Labute approximate surface area is 99.0 Å². The molecule has 2 N–H and O–H groups in total. The molecule has 0 unspecified atom stereocenters. The van der Waals surface area contributed by atoms with E-state index in [1.165, 1.54) is 0 Å². The Balaban J connectivity index is 2.20. The van der Waals surface area contributed by atoms with Crippen molar-refractivity contribution in [3.05, 3.63) is 29.2 Å². The Morgan fingerprint density at radius 3 is 2.88 bits per heavy atom. The fraction of sp³-hybridized carbons (Fsp3) is 0.364. The second-order valence-electron chi connectivity index (χ2n) is 3.88.